The van der Waals surface area contributed by atoms with Gasteiger partial charge in [-0.15, -0.1) is 30.4 Å². The van der Waals surface area contributed by atoms with Crippen molar-refractivity contribution in [3.8, 4) is 12.3 Å². The summed E-state index contributed by atoms with van der Waals surface area (Å²) in [6.07, 6.45) is 7.21. The topological polar surface area (TPSA) is 82.8 Å². The molecule has 1 aliphatic rings. The van der Waals surface area contributed by atoms with E-state index in [-0.39, 0.29) is 35.8 Å². The number of carbonyl (C=O) groups excluding carboxylic acids is 1. The second-order valence-corrected chi connectivity index (χ2v) is 6.55. The van der Waals surface area contributed by atoms with E-state index in [1.54, 1.807) is 0 Å². The van der Waals surface area contributed by atoms with E-state index in [1.165, 1.54) is 5.56 Å². The molecule has 6 nitrogen and oxygen atoms in total. The monoisotopic (exact) mass is 483 g/mol. The summed E-state index contributed by atoms with van der Waals surface area (Å²) >= 11 is 0. The zero-order chi connectivity index (χ0) is 18.8. The van der Waals surface area contributed by atoms with Crippen LogP contribution in [0.1, 0.15) is 30.9 Å². The lowest BCUT2D eigenvalue weighted by Gasteiger charge is -2.31. The van der Waals surface area contributed by atoms with Crippen LogP contribution in [-0.2, 0) is 17.9 Å². The summed E-state index contributed by atoms with van der Waals surface area (Å²) in [5.74, 6) is 3.06. The Morgan fingerprint density at radius 3 is 2.89 bits per heavy atom. The maximum atomic E-state index is 11.4. The zero-order valence-electron chi connectivity index (χ0n) is 15.9. The largest absolute Gasteiger partial charge is 0.369 e. The van der Waals surface area contributed by atoms with Crippen LogP contribution in [0.15, 0.2) is 29.3 Å². The molecule has 1 aromatic rings. The molecule has 2 rings (SSSR count). The predicted octanol–water partition coefficient (Wildman–Crippen LogP) is 1.69. The van der Waals surface area contributed by atoms with E-state index in [0.29, 0.717) is 13.1 Å². The van der Waals surface area contributed by atoms with Crippen molar-refractivity contribution >= 4 is 35.8 Å². The molecule has 1 atom stereocenters. The number of halogens is 1. The lowest BCUT2D eigenvalue weighted by atomic mass is 9.97. The fraction of sp³-hybridized carbons (Fsp3) is 0.500. The SMILES string of the molecule is C#CCNC(=NCc1cccc(CN2CCCC(C(N)=O)C2)c1)NCC.I. The molecule has 0 saturated carbocycles. The molecular formula is C20H30IN5O. The standard InChI is InChI=1S/C20H29N5O.HI/c1-3-10-23-20(22-4-2)24-13-16-7-5-8-17(12-16)14-25-11-6-9-18(15-25)19(21)26;/h1,5,7-8,12,18H,4,6,9-11,13-15H2,2H3,(H2,21,26)(H2,22,23,24);1H. The number of nitrogens with two attached hydrogens (primary N) is 1. The summed E-state index contributed by atoms with van der Waals surface area (Å²) < 4.78 is 0. The minimum absolute atomic E-state index is 0. The molecule has 1 saturated heterocycles. The Bertz CT molecular complexity index is 671. The lowest BCUT2D eigenvalue weighted by molar-refractivity contribution is -0.123. The molecule has 1 aliphatic heterocycles. The van der Waals surface area contributed by atoms with E-state index in [1.807, 2.05) is 6.92 Å². The molecule has 0 aromatic heterocycles. The number of benzene rings is 1. The highest BCUT2D eigenvalue weighted by Crippen LogP contribution is 2.19. The molecule has 7 heteroatoms. The number of guanidine groups is 1. The van der Waals surface area contributed by atoms with Gasteiger partial charge in [0.2, 0.25) is 5.91 Å². The van der Waals surface area contributed by atoms with Crippen LogP contribution in [0.2, 0.25) is 0 Å². The average Bonchev–Trinajstić information content (AvgIpc) is 2.64. The fourth-order valence-corrected chi connectivity index (χ4v) is 3.16. The molecule has 1 unspecified atom stereocenters. The van der Waals surface area contributed by atoms with Gasteiger partial charge < -0.3 is 16.4 Å². The van der Waals surface area contributed by atoms with Gasteiger partial charge in [-0.05, 0) is 37.4 Å². The first kappa shape index (κ1) is 23.2. The van der Waals surface area contributed by atoms with E-state index < -0.39 is 0 Å². The minimum atomic E-state index is -0.187. The third-order valence-electron chi connectivity index (χ3n) is 4.43. The molecule has 0 bridgehead atoms. The highest BCUT2D eigenvalue weighted by atomic mass is 127. The highest BCUT2D eigenvalue weighted by Gasteiger charge is 2.23. The van der Waals surface area contributed by atoms with E-state index in [4.69, 9.17) is 12.2 Å². The number of aliphatic imine (C=N–C) groups is 1. The maximum absolute atomic E-state index is 11.4. The van der Waals surface area contributed by atoms with Gasteiger partial charge >= 0.3 is 0 Å². The quantitative estimate of drug-likeness (QED) is 0.239. The summed E-state index contributed by atoms with van der Waals surface area (Å²) in [4.78, 5) is 18.3. The summed E-state index contributed by atoms with van der Waals surface area (Å²) in [5, 5.41) is 6.26. The molecule has 1 aromatic carbocycles. The van der Waals surface area contributed by atoms with Gasteiger partial charge in [0, 0.05) is 19.6 Å². The van der Waals surface area contributed by atoms with Crippen LogP contribution in [0.3, 0.4) is 0 Å². The van der Waals surface area contributed by atoms with Gasteiger partial charge in [-0.3, -0.25) is 9.69 Å². The summed E-state index contributed by atoms with van der Waals surface area (Å²) in [6.45, 7) is 6.42. The van der Waals surface area contributed by atoms with Crippen molar-refractivity contribution in [2.24, 2.45) is 16.6 Å². The average molecular weight is 483 g/mol. The molecule has 1 heterocycles. The van der Waals surface area contributed by atoms with E-state index in [0.717, 1.165) is 50.5 Å². The summed E-state index contributed by atoms with van der Waals surface area (Å²) in [6, 6.07) is 8.41. The Labute approximate surface area is 179 Å². The van der Waals surface area contributed by atoms with Crippen LogP contribution in [0.25, 0.3) is 0 Å². The Kier molecular flexibility index (Phi) is 10.8. The number of piperidine rings is 1. The molecule has 0 aliphatic carbocycles. The second-order valence-electron chi connectivity index (χ2n) is 6.55. The van der Waals surface area contributed by atoms with Crippen molar-refractivity contribution in [2.75, 3.05) is 26.2 Å². The number of likely N-dealkylation sites (tertiary alicyclic amines) is 1. The smallest absolute Gasteiger partial charge is 0.221 e. The van der Waals surface area contributed by atoms with Crippen molar-refractivity contribution in [2.45, 2.75) is 32.9 Å². The van der Waals surface area contributed by atoms with Gasteiger partial charge in [0.05, 0.1) is 19.0 Å². The van der Waals surface area contributed by atoms with E-state index in [2.05, 4.69) is 50.7 Å². The maximum Gasteiger partial charge on any atom is 0.221 e. The molecule has 148 valence electrons. The van der Waals surface area contributed by atoms with Crippen molar-refractivity contribution in [1.29, 1.82) is 0 Å². The third-order valence-corrected chi connectivity index (χ3v) is 4.43. The normalized spacial score (nSPS) is 17.5. The number of amides is 1. The predicted molar refractivity (Wildman–Crippen MR) is 121 cm³/mol. The van der Waals surface area contributed by atoms with Gasteiger partial charge in [0.15, 0.2) is 5.96 Å². The second kappa shape index (κ2) is 12.6. The van der Waals surface area contributed by atoms with Crippen molar-refractivity contribution < 1.29 is 4.79 Å². The number of nitrogens with one attached hydrogen (secondary N) is 2. The lowest BCUT2D eigenvalue weighted by Crippen LogP contribution is -2.40. The molecular weight excluding hydrogens is 453 g/mol. The minimum Gasteiger partial charge on any atom is -0.369 e. The van der Waals surface area contributed by atoms with Crippen LogP contribution in [0, 0.1) is 18.3 Å². The molecule has 0 radical (unpaired) electrons. The Balaban J connectivity index is 0.00000364. The molecule has 0 spiro atoms. The van der Waals surface area contributed by atoms with Crippen molar-refractivity contribution in [3.05, 3.63) is 35.4 Å². The number of primary amides is 1. The van der Waals surface area contributed by atoms with Crippen LogP contribution in [0.4, 0.5) is 0 Å². The zero-order valence-corrected chi connectivity index (χ0v) is 18.2. The van der Waals surface area contributed by atoms with Crippen LogP contribution < -0.4 is 16.4 Å². The first-order valence-electron chi connectivity index (χ1n) is 9.17. The summed E-state index contributed by atoms with van der Waals surface area (Å²) in [5.41, 5.74) is 7.84. The van der Waals surface area contributed by atoms with Crippen LogP contribution in [-0.4, -0.2) is 42.9 Å². The number of rotatable bonds is 7. The molecule has 1 amide bonds. The number of carbonyl (C=O) groups is 1. The van der Waals surface area contributed by atoms with Gasteiger partial charge in [0.1, 0.15) is 0 Å². The van der Waals surface area contributed by atoms with Crippen molar-refractivity contribution in [3.63, 3.8) is 0 Å². The van der Waals surface area contributed by atoms with Crippen molar-refractivity contribution in [1.82, 2.24) is 15.5 Å². The fourth-order valence-electron chi connectivity index (χ4n) is 3.16. The summed E-state index contributed by atoms with van der Waals surface area (Å²) in [7, 11) is 0. The Morgan fingerprint density at radius 2 is 2.19 bits per heavy atom. The number of hydrogen-bond acceptors (Lipinski definition) is 3. The first-order valence-corrected chi connectivity index (χ1v) is 9.17. The third kappa shape index (κ3) is 8.18. The van der Waals surface area contributed by atoms with Crippen LogP contribution in [0.5, 0.6) is 0 Å². The van der Waals surface area contributed by atoms with E-state index >= 15 is 0 Å². The number of nitrogens with zero attached hydrogens (tertiary/aromatic N) is 2. The van der Waals surface area contributed by atoms with Crippen LogP contribution >= 0.6 is 24.0 Å². The molecule has 1 fully saturated rings. The van der Waals surface area contributed by atoms with Gasteiger partial charge in [-0.1, -0.05) is 30.2 Å². The number of hydrogen-bond donors (Lipinski definition) is 3. The van der Waals surface area contributed by atoms with E-state index in [9.17, 15) is 4.79 Å². The Morgan fingerprint density at radius 1 is 1.41 bits per heavy atom. The molecule has 27 heavy (non-hydrogen) atoms. The van der Waals surface area contributed by atoms with Gasteiger partial charge in [-0.25, -0.2) is 4.99 Å². The first-order chi connectivity index (χ1) is 12.6. The Hall–Kier alpha value is -1.79. The van der Waals surface area contributed by atoms with Gasteiger partial charge in [-0.2, -0.15) is 0 Å². The highest BCUT2D eigenvalue weighted by molar-refractivity contribution is 14.0. The van der Waals surface area contributed by atoms with Gasteiger partial charge in [0.25, 0.3) is 0 Å². The number of terminal acetylenes is 1. The molecule has 4 N–H and O–H groups in total.